The molecule has 3 rings (SSSR count). The van der Waals surface area contributed by atoms with Gasteiger partial charge in [0.15, 0.2) is 5.82 Å². The van der Waals surface area contributed by atoms with E-state index in [2.05, 4.69) is 20.4 Å². The highest BCUT2D eigenvalue weighted by atomic mass is 35.5. The van der Waals surface area contributed by atoms with Gasteiger partial charge in [0.1, 0.15) is 5.02 Å². The maximum absolute atomic E-state index is 12.6. The molecule has 3 heterocycles. The number of methoxy groups -OCH3 is 1. The van der Waals surface area contributed by atoms with Gasteiger partial charge in [-0.3, -0.25) is 4.79 Å². The van der Waals surface area contributed by atoms with E-state index in [0.29, 0.717) is 12.1 Å². The van der Waals surface area contributed by atoms with Crippen molar-refractivity contribution in [2.45, 2.75) is 12.7 Å². The second-order valence-electron chi connectivity index (χ2n) is 5.52. The molecule has 0 unspecified atom stereocenters. The van der Waals surface area contributed by atoms with Crippen molar-refractivity contribution in [3.05, 3.63) is 69.4 Å². The monoisotopic (exact) mass is 411 g/mol. The SMILES string of the molecule is COc1ncccc1CNc1cnn(-c2ccc(C(F)(F)F)cn2)c(=O)c1Cl. The fourth-order valence-electron chi connectivity index (χ4n) is 2.33. The van der Waals surface area contributed by atoms with Gasteiger partial charge in [-0.25, -0.2) is 9.97 Å². The van der Waals surface area contributed by atoms with Gasteiger partial charge >= 0.3 is 6.18 Å². The van der Waals surface area contributed by atoms with Crippen LogP contribution in [0.15, 0.2) is 47.7 Å². The molecule has 0 atom stereocenters. The average molecular weight is 412 g/mol. The highest BCUT2D eigenvalue weighted by Gasteiger charge is 2.30. The molecule has 0 saturated carbocycles. The van der Waals surface area contributed by atoms with Crippen LogP contribution in [0.1, 0.15) is 11.1 Å². The van der Waals surface area contributed by atoms with Crippen LogP contribution in [-0.2, 0) is 12.7 Å². The molecule has 0 aromatic carbocycles. The summed E-state index contributed by atoms with van der Waals surface area (Å²) in [6.07, 6.45) is -1.04. The van der Waals surface area contributed by atoms with Gasteiger partial charge in [-0.15, -0.1) is 0 Å². The van der Waals surface area contributed by atoms with Crippen LogP contribution in [0.5, 0.6) is 5.88 Å². The normalized spacial score (nSPS) is 11.3. The molecule has 7 nitrogen and oxygen atoms in total. The van der Waals surface area contributed by atoms with Gasteiger partial charge in [0.05, 0.1) is 24.6 Å². The number of pyridine rings is 2. The molecule has 0 bridgehead atoms. The molecule has 0 aliphatic rings. The molecule has 3 aromatic heterocycles. The molecule has 146 valence electrons. The summed E-state index contributed by atoms with van der Waals surface area (Å²) in [5.74, 6) is 0.335. The Morgan fingerprint density at radius 2 is 2.00 bits per heavy atom. The van der Waals surface area contributed by atoms with Gasteiger partial charge in [-0.05, 0) is 18.2 Å². The number of ether oxygens (including phenoxy) is 1. The summed E-state index contributed by atoms with van der Waals surface area (Å²) in [5.41, 5.74) is -0.674. The number of alkyl halides is 3. The first-order valence-corrected chi connectivity index (χ1v) is 8.22. The van der Waals surface area contributed by atoms with Crippen molar-refractivity contribution in [2.24, 2.45) is 0 Å². The van der Waals surface area contributed by atoms with Crippen LogP contribution in [0, 0.1) is 0 Å². The number of nitrogens with zero attached hydrogens (tertiary/aromatic N) is 4. The highest BCUT2D eigenvalue weighted by molar-refractivity contribution is 6.32. The Bertz CT molecular complexity index is 1040. The van der Waals surface area contributed by atoms with E-state index >= 15 is 0 Å². The van der Waals surface area contributed by atoms with E-state index in [9.17, 15) is 18.0 Å². The third-order valence-corrected chi connectivity index (χ3v) is 4.09. The Kier molecular flexibility index (Phi) is 5.50. The predicted octanol–water partition coefficient (Wildman–Crippen LogP) is 3.32. The molecule has 0 amide bonds. The van der Waals surface area contributed by atoms with E-state index in [0.717, 1.165) is 22.4 Å². The van der Waals surface area contributed by atoms with Crippen LogP contribution in [0.25, 0.3) is 5.82 Å². The topological polar surface area (TPSA) is 81.9 Å². The van der Waals surface area contributed by atoms with Gasteiger partial charge in [0.25, 0.3) is 5.56 Å². The number of anilines is 1. The summed E-state index contributed by atoms with van der Waals surface area (Å²) >= 11 is 6.10. The van der Waals surface area contributed by atoms with Gasteiger partial charge in [-0.1, -0.05) is 17.7 Å². The molecule has 0 spiro atoms. The lowest BCUT2D eigenvalue weighted by Crippen LogP contribution is -2.23. The van der Waals surface area contributed by atoms with E-state index in [1.807, 2.05) is 0 Å². The number of aromatic nitrogens is 4. The van der Waals surface area contributed by atoms with Crippen LogP contribution >= 0.6 is 11.6 Å². The van der Waals surface area contributed by atoms with Crippen LogP contribution in [0.2, 0.25) is 5.02 Å². The molecule has 1 N–H and O–H groups in total. The molecule has 3 aromatic rings. The summed E-state index contributed by atoms with van der Waals surface area (Å²) < 4.78 is 43.9. The first kappa shape index (κ1) is 19.6. The summed E-state index contributed by atoms with van der Waals surface area (Å²) in [6.45, 7) is 0.264. The fourth-order valence-corrected chi connectivity index (χ4v) is 2.53. The minimum Gasteiger partial charge on any atom is -0.481 e. The molecular formula is C17H13ClF3N5O2. The molecule has 0 aliphatic carbocycles. The van der Waals surface area contributed by atoms with E-state index in [-0.39, 0.29) is 23.1 Å². The fraction of sp³-hybridized carbons (Fsp3) is 0.176. The Morgan fingerprint density at radius 3 is 2.64 bits per heavy atom. The minimum atomic E-state index is -4.53. The molecule has 28 heavy (non-hydrogen) atoms. The van der Waals surface area contributed by atoms with E-state index in [1.165, 1.54) is 13.3 Å². The zero-order valence-corrected chi connectivity index (χ0v) is 15.1. The van der Waals surface area contributed by atoms with Gasteiger partial charge in [-0.2, -0.15) is 23.0 Å². The van der Waals surface area contributed by atoms with Crippen molar-refractivity contribution >= 4 is 17.3 Å². The van der Waals surface area contributed by atoms with Crippen LogP contribution in [0.4, 0.5) is 18.9 Å². The van der Waals surface area contributed by atoms with E-state index in [1.54, 1.807) is 18.3 Å². The largest absolute Gasteiger partial charge is 0.481 e. The number of hydrogen-bond donors (Lipinski definition) is 1. The molecule has 11 heteroatoms. The van der Waals surface area contributed by atoms with Crippen molar-refractivity contribution in [3.8, 4) is 11.7 Å². The van der Waals surface area contributed by atoms with Crippen molar-refractivity contribution in [2.75, 3.05) is 12.4 Å². The van der Waals surface area contributed by atoms with E-state index in [4.69, 9.17) is 16.3 Å². The maximum atomic E-state index is 12.6. The Labute approximate surface area is 161 Å². The maximum Gasteiger partial charge on any atom is 0.417 e. The first-order chi connectivity index (χ1) is 13.3. The Hall–Kier alpha value is -3.14. The lowest BCUT2D eigenvalue weighted by atomic mass is 10.2. The number of nitrogens with one attached hydrogen (secondary N) is 1. The zero-order chi connectivity index (χ0) is 20.3. The zero-order valence-electron chi connectivity index (χ0n) is 14.4. The van der Waals surface area contributed by atoms with Crippen molar-refractivity contribution < 1.29 is 17.9 Å². The molecule has 0 radical (unpaired) electrons. The smallest absolute Gasteiger partial charge is 0.417 e. The predicted molar refractivity (Wildman–Crippen MR) is 95.8 cm³/mol. The lowest BCUT2D eigenvalue weighted by molar-refractivity contribution is -0.137. The number of rotatable bonds is 5. The third-order valence-electron chi connectivity index (χ3n) is 3.72. The highest BCUT2D eigenvalue weighted by Crippen LogP contribution is 2.28. The van der Waals surface area contributed by atoms with Gasteiger partial charge in [0.2, 0.25) is 5.88 Å². The minimum absolute atomic E-state index is 0.0830. The van der Waals surface area contributed by atoms with Crippen LogP contribution in [0.3, 0.4) is 0 Å². The summed E-state index contributed by atoms with van der Waals surface area (Å²) in [5, 5.41) is 6.70. The molecular weight excluding hydrogens is 399 g/mol. The van der Waals surface area contributed by atoms with Gasteiger partial charge in [0, 0.05) is 24.5 Å². The van der Waals surface area contributed by atoms with Crippen molar-refractivity contribution in [1.82, 2.24) is 19.7 Å². The standard InChI is InChI=1S/C17H13ClF3N5O2/c1-28-15-10(3-2-6-22-15)7-23-12-9-25-26(16(27)14(12)18)13-5-4-11(8-24-13)17(19,20)21/h2-6,8-9,23H,7H2,1H3. The number of hydrogen-bond acceptors (Lipinski definition) is 6. The van der Waals surface area contributed by atoms with Crippen molar-refractivity contribution in [3.63, 3.8) is 0 Å². The van der Waals surface area contributed by atoms with Crippen LogP contribution < -0.4 is 15.6 Å². The Morgan fingerprint density at radius 1 is 1.21 bits per heavy atom. The lowest BCUT2D eigenvalue weighted by Gasteiger charge is -2.12. The number of halogens is 4. The quantitative estimate of drug-likeness (QED) is 0.693. The van der Waals surface area contributed by atoms with E-state index < -0.39 is 17.3 Å². The second-order valence-corrected chi connectivity index (χ2v) is 5.90. The average Bonchev–Trinajstić information content (AvgIpc) is 2.69. The van der Waals surface area contributed by atoms with Gasteiger partial charge < -0.3 is 10.1 Å². The summed E-state index contributed by atoms with van der Waals surface area (Å²) in [7, 11) is 1.48. The second kappa shape index (κ2) is 7.85. The first-order valence-electron chi connectivity index (χ1n) is 7.84. The third kappa shape index (κ3) is 4.06. The molecule has 0 aliphatic heterocycles. The summed E-state index contributed by atoms with van der Waals surface area (Å²) in [6, 6.07) is 5.37. The molecule has 0 fully saturated rings. The van der Waals surface area contributed by atoms with Crippen LogP contribution in [-0.4, -0.2) is 26.9 Å². The Balaban J connectivity index is 1.84. The summed E-state index contributed by atoms with van der Waals surface area (Å²) in [4.78, 5) is 20.1. The molecule has 0 saturated heterocycles. The van der Waals surface area contributed by atoms with Crippen molar-refractivity contribution in [1.29, 1.82) is 0 Å².